The van der Waals surface area contributed by atoms with Gasteiger partial charge in [-0.1, -0.05) is 30.3 Å². The van der Waals surface area contributed by atoms with E-state index in [1.165, 1.54) is 4.90 Å². The predicted molar refractivity (Wildman–Crippen MR) is 89.7 cm³/mol. The smallest absolute Gasteiger partial charge is 0.290 e. The van der Waals surface area contributed by atoms with E-state index in [2.05, 4.69) is 10.1 Å². The van der Waals surface area contributed by atoms with Gasteiger partial charge in [0.1, 0.15) is 5.76 Å². The summed E-state index contributed by atoms with van der Waals surface area (Å²) in [6.45, 7) is 3.76. The number of hydrogen-bond donors (Lipinski definition) is 0. The van der Waals surface area contributed by atoms with Gasteiger partial charge in [-0.25, -0.2) is 0 Å². The molecule has 0 bridgehead atoms. The quantitative estimate of drug-likeness (QED) is 0.809. The van der Waals surface area contributed by atoms with E-state index < -0.39 is 17.6 Å². The van der Waals surface area contributed by atoms with E-state index in [1.54, 1.807) is 21.0 Å². The second kappa shape index (κ2) is 6.03. The molecule has 0 radical (unpaired) electrons. The Balaban J connectivity index is 2.16. The first-order valence-corrected chi connectivity index (χ1v) is 7.84. The number of amides is 1. The summed E-state index contributed by atoms with van der Waals surface area (Å²) < 4.78 is 5.30. The predicted octanol–water partition coefficient (Wildman–Crippen LogP) is 2.42. The molecule has 1 aromatic heterocycles. The van der Waals surface area contributed by atoms with Crippen LogP contribution in [0.5, 0.6) is 0 Å². The van der Waals surface area contributed by atoms with Crippen molar-refractivity contribution >= 4 is 23.1 Å². The molecule has 1 aromatic carbocycles. The van der Waals surface area contributed by atoms with Crippen LogP contribution in [0.1, 0.15) is 35.4 Å². The topological polar surface area (TPSA) is 75.8 Å². The molecule has 6 heteroatoms. The molecule has 124 valence electrons. The maximum Gasteiger partial charge on any atom is 0.290 e. The van der Waals surface area contributed by atoms with Crippen LogP contribution in [0.2, 0.25) is 0 Å². The number of para-hydroxylation sites is 1. The van der Waals surface area contributed by atoms with Crippen molar-refractivity contribution in [3.8, 4) is 0 Å². The van der Waals surface area contributed by atoms with Gasteiger partial charge in [0.05, 0.1) is 28.6 Å². The van der Waals surface area contributed by atoms with Gasteiger partial charge in [0.25, 0.3) is 5.91 Å². The molecule has 0 saturated heterocycles. The van der Waals surface area contributed by atoms with Gasteiger partial charge in [0.2, 0.25) is 5.78 Å². The van der Waals surface area contributed by atoms with Gasteiger partial charge in [0.15, 0.2) is 0 Å². The molecule has 3 rings (SSSR count). The van der Waals surface area contributed by atoms with Crippen molar-refractivity contribution in [2.24, 2.45) is 4.99 Å². The van der Waals surface area contributed by atoms with E-state index in [0.717, 1.165) is 16.8 Å². The second-order valence-electron chi connectivity index (χ2n) is 5.97. The zero-order valence-corrected chi connectivity index (χ0v) is 14.2. The number of benzene rings is 1. The minimum Gasteiger partial charge on any atom is -0.361 e. The molecule has 2 heterocycles. The SMILES string of the molecule is CCc1noc(C)c1C1=Nc2ccccc2C1C(=O)C(=O)N(C)C. The average Bonchev–Trinajstić information content (AvgIpc) is 3.12. The van der Waals surface area contributed by atoms with Crippen molar-refractivity contribution in [2.75, 3.05) is 14.1 Å². The summed E-state index contributed by atoms with van der Waals surface area (Å²) >= 11 is 0. The highest BCUT2D eigenvalue weighted by molar-refractivity contribution is 6.44. The summed E-state index contributed by atoms with van der Waals surface area (Å²) in [6, 6.07) is 7.39. The number of likely N-dealkylation sites (N-methyl/N-ethyl adjacent to an activating group) is 1. The van der Waals surface area contributed by atoms with Gasteiger partial charge in [0, 0.05) is 14.1 Å². The summed E-state index contributed by atoms with van der Waals surface area (Å²) in [5.41, 5.74) is 3.48. The summed E-state index contributed by atoms with van der Waals surface area (Å²) in [4.78, 5) is 31.0. The Bertz CT molecular complexity index is 849. The Morgan fingerprint density at radius 3 is 2.62 bits per heavy atom. The molecule has 0 fully saturated rings. The number of rotatable bonds is 4. The van der Waals surface area contributed by atoms with E-state index in [0.29, 0.717) is 23.6 Å². The largest absolute Gasteiger partial charge is 0.361 e. The second-order valence-corrected chi connectivity index (χ2v) is 5.97. The third kappa shape index (κ3) is 2.44. The number of aliphatic imine (C=N–C) groups is 1. The Hall–Kier alpha value is -2.76. The van der Waals surface area contributed by atoms with Crippen LogP contribution in [0.3, 0.4) is 0 Å². The van der Waals surface area contributed by atoms with Crippen molar-refractivity contribution in [2.45, 2.75) is 26.2 Å². The van der Waals surface area contributed by atoms with Crippen LogP contribution in [0.15, 0.2) is 33.8 Å². The summed E-state index contributed by atoms with van der Waals surface area (Å²) in [7, 11) is 3.14. The normalized spacial score (nSPS) is 15.8. The van der Waals surface area contributed by atoms with Crippen LogP contribution in [-0.4, -0.2) is 41.6 Å². The summed E-state index contributed by atoms with van der Waals surface area (Å²) in [6.07, 6.45) is 0.657. The van der Waals surface area contributed by atoms with Gasteiger partial charge in [-0.3, -0.25) is 14.6 Å². The van der Waals surface area contributed by atoms with Gasteiger partial charge < -0.3 is 9.42 Å². The molecule has 2 aromatic rings. The molecule has 1 amide bonds. The number of fused-ring (bicyclic) bond motifs is 1. The van der Waals surface area contributed by atoms with Gasteiger partial charge in [-0.2, -0.15) is 0 Å². The Morgan fingerprint density at radius 2 is 1.96 bits per heavy atom. The van der Waals surface area contributed by atoms with Crippen molar-refractivity contribution < 1.29 is 14.1 Å². The van der Waals surface area contributed by atoms with Crippen LogP contribution >= 0.6 is 0 Å². The maximum atomic E-state index is 12.8. The number of Topliss-reactive ketones (excluding diaryl/α,β-unsaturated/α-hetero) is 1. The Morgan fingerprint density at radius 1 is 1.25 bits per heavy atom. The van der Waals surface area contributed by atoms with E-state index in [1.807, 2.05) is 31.2 Å². The average molecular weight is 325 g/mol. The zero-order chi connectivity index (χ0) is 17.4. The molecular formula is C18H19N3O3. The highest BCUT2D eigenvalue weighted by Crippen LogP contribution is 2.39. The monoisotopic (exact) mass is 325 g/mol. The van der Waals surface area contributed by atoms with Gasteiger partial charge in [-0.15, -0.1) is 0 Å². The number of ketones is 1. The first-order valence-electron chi connectivity index (χ1n) is 7.84. The first-order chi connectivity index (χ1) is 11.5. The fourth-order valence-electron chi connectivity index (χ4n) is 2.97. The number of carbonyl (C=O) groups excluding carboxylic acids is 2. The third-order valence-electron chi connectivity index (χ3n) is 4.17. The number of aryl methyl sites for hydroxylation is 2. The third-order valence-corrected chi connectivity index (χ3v) is 4.17. The zero-order valence-electron chi connectivity index (χ0n) is 14.2. The van der Waals surface area contributed by atoms with Crippen LogP contribution < -0.4 is 0 Å². The standard InChI is InChI=1S/C18H19N3O3/c1-5-12-14(10(2)24-20-12)16-15(17(22)18(23)21(3)4)11-8-6-7-9-13(11)19-16/h6-9,15H,5H2,1-4H3. The lowest BCUT2D eigenvalue weighted by atomic mass is 9.86. The minimum atomic E-state index is -0.723. The lowest BCUT2D eigenvalue weighted by molar-refractivity contribution is -0.142. The van der Waals surface area contributed by atoms with E-state index >= 15 is 0 Å². The number of aromatic nitrogens is 1. The van der Waals surface area contributed by atoms with E-state index in [9.17, 15) is 9.59 Å². The van der Waals surface area contributed by atoms with Crippen molar-refractivity contribution in [1.29, 1.82) is 0 Å². The summed E-state index contributed by atoms with van der Waals surface area (Å²) in [5, 5.41) is 4.05. The highest BCUT2D eigenvalue weighted by Gasteiger charge is 2.40. The molecule has 0 aliphatic carbocycles. The van der Waals surface area contributed by atoms with Crippen molar-refractivity contribution in [3.05, 3.63) is 46.8 Å². The number of nitrogens with zero attached hydrogens (tertiary/aromatic N) is 3. The van der Waals surface area contributed by atoms with Crippen LogP contribution in [0.25, 0.3) is 0 Å². The lowest BCUT2D eigenvalue weighted by Gasteiger charge is -2.16. The molecule has 1 aliphatic rings. The van der Waals surface area contributed by atoms with Crippen molar-refractivity contribution in [3.63, 3.8) is 0 Å². The first kappa shape index (κ1) is 16.1. The molecule has 0 spiro atoms. The molecule has 0 saturated carbocycles. The minimum absolute atomic E-state index is 0.494. The maximum absolute atomic E-state index is 12.8. The molecule has 24 heavy (non-hydrogen) atoms. The lowest BCUT2D eigenvalue weighted by Crippen LogP contribution is -2.36. The fourth-order valence-corrected chi connectivity index (χ4v) is 2.97. The molecule has 1 atom stereocenters. The van der Waals surface area contributed by atoms with Gasteiger partial charge in [-0.05, 0) is 25.0 Å². The molecule has 1 unspecified atom stereocenters. The van der Waals surface area contributed by atoms with Crippen LogP contribution in [-0.2, 0) is 16.0 Å². The molecule has 6 nitrogen and oxygen atoms in total. The Labute approximate surface area is 140 Å². The van der Waals surface area contributed by atoms with Crippen LogP contribution in [0.4, 0.5) is 5.69 Å². The fraction of sp³-hybridized carbons (Fsp3) is 0.333. The van der Waals surface area contributed by atoms with Gasteiger partial charge >= 0.3 is 0 Å². The molecular weight excluding hydrogens is 306 g/mol. The number of hydrogen-bond acceptors (Lipinski definition) is 5. The van der Waals surface area contributed by atoms with Crippen molar-refractivity contribution in [1.82, 2.24) is 10.1 Å². The number of carbonyl (C=O) groups is 2. The molecule has 1 aliphatic heterocycles. The Kier molecular flexibility index (Phi) is 4.05. The molecule has 0 N–H and O–H groups in total. The highest BCUT2D eigenvalue weighted by atomic mass is 16.5. The van der Waals surface area contributed by atoms with E-state index in [-0.39, 0.29) is 0 Å². The van der Waals surface area contributed by atoms with Crippen LogP contribution in [0, 0.1) is 6.92 Å². The van der Waals surface area contributed by atoms with E-state index in [4.69, 9.17) is 4.52 Å². The summed E-state index contributed by atoms with van der Waals surface area (Å²) in [5.74, 6) is -1.16.